The molecule has 5 rings (SSSR count). The van der Waals surface area contributed by atoms with Gasteiger partial charge in [0.05, 0.1) is 30.9 Å². The highest BCUT2D eigenvalue weighted by molar-refractivity contribution is 5.95. The van der Waals surface area contributed by atoms with Gasteiger partial charge >= 0.3 is 6.09 Å². The molecule has 0 spiro atoms. The van der Waals surface area contributed by atoms with E-state index in [4.69, 9.17) is 14.5 Å². The third-order valence-electron chi connectivity index (χ3n) is 8.06. The first kappa shape index (κ1) is 25.2. The lowest BCUT2D eigenvalue weighted by atomic mass is 9.83. The molecule has 1 atom stereocenters. The van der Waals surface area contributed by atoms with Crippen molar-refractivity contribution < 1.29 is 23.5 Å². The second kappa shape index (κ2) is 10.1. The largest absolute Gasteiger partial charge is 0.497 e. The van der Waals surface area contributed by atoms with Crippen molar-refractivity contribution in [2.24, 2.45) is 5.92 Å². The standard InChI is InChI=1S/C29H34FN3O4/c1-17-5-10-24-25(32(17)29(35)37-4)11-12-26-28(24)31-27(15-19-13-21(30)16-23(14-19)36-3)33(26)22-8-6-20(7-9-22)18(2)34/h11-14,16-17,20,22H,5-10,15H2,1-4H3/t17-,20?,22?/m0/s1. The molecule has 1 amide bonds. The van der Waals surface area contributed by atoms with Crippen LogP contribution in [0, 0.1) is 11.7 Å². The van der Waals surface area contributed by atoms with E-state index in [-0.39, 0.29) is 35.7 Å². The van der Waals surface area contributed by atoms with E-state index in [1.807, 2.05) is 25.1 Å². The fourth-order valence-electron chi connectivity index (χ4n) is 6.12. The molecular weight excluding hydrogens is 473 g/mol. The summed E-state index contributed by atoms with van der Waals surface area (Å²) in [5, 5.41) is 0. The molecule has 0 bridgehead atoms. The highest BCUT2D eigenvalue weighted by atomic mass is 19.1. The number of imidazole rings is 1. The highest BCUT2D eigenvalue weighted by Gasteiger charge is 2.33. The summed E-state index contributed by atoms with van der Waals surface area (Å²) in [6.07, 6.45) is 5.17. The molecule has 2 aromatic carbocycles. The van der Waals surface area contributed by atoms with Gasteiger partial charge in [0.2, 0.25) is 0 Å². The maximum Gasteiger partial charge on any atom is 0.414 e. The Hall–Kier alpha value is -3.42. The van der Waals surface area contributed by atoms with E-state index in [1.165, 1.54) is 26.4 Å². The Morgan fingerprint density at radius 1 is 1.08 bits per heavy atom. The zero-order valence-electron chi connectivity index (χ0n) is 21.9. The van der Waals surface area contributed by atoms with Crippen LogP contribution in [0.25, 0.3) is 11.0 Å². The number of fused-ring (bicyclic) bond motifs is 3. The number of halogens is 1. The van der Waals surface area contributed by atoms with E-state index in [2.05, 4.69) is 4.57 Å². The Labute approximate surface area is 216 Å². The number of hydrogen-bond acceptors (Lipinski definition) is 5. The van der Waals surface area contributed by atoms with Crippen LogP contribution in [0.1, 0.15) is 68.9 Å². The molecular formula is C29H34FN3O4. The Bertz CT molecular complexity index is 1340. The van der Waals surface area contributed by atoms with Gasteiger partial charge in [-0.1, -0.05) is 0 Å². The van der Waals surface area contributed by atoms with Crippen LogP contribution in [0.15, 0.2) is 30.3 Å². The smallest absolute Gasteiger partial charge is 0.414 e. The summed E-state index contributed by atoms with van der Waals surface area (Å²) in [4.78, 5) is 31.5. The van der Waals surface area contributed by atoms with Crippen molar-refractivity contribution in [3.8, 4) is 5.75 Å². The Kier molecular flexibility index (Phi) is 6.92. The number of ketones is 1. The van der Waals surface area contributed by atoms with E-state index in [0.717, 1.165) is 72.2 Å². The van der Waals surface area contributed by atoms with Crippen molar-refractivity contribution in [3.63, 3.8) is 0 Å². The molecule has 1 aromatic heterocycles. The number of rotatable bonds is 5. The minimum absolute atomic E-state index is 0.0283. The number of aromatic nitrogens is 2. The van der Waals surface area contributed by atoms with Crippen LogP contribution in [0.3, 0.4) is 0 Å². The number of anilines is 1. The number of methoxy groups -OCH3 is 2. The number of hydrogen-bond donors (Lipinski definition) is 0. The van der Waals surface area contributed by atoms with Crippen molar-refractivity contribution >= 4 is 28.6 Å². The molecule has 2 heterocycles. The normalized spacial score (nSPS) is 21.5. The third kappa shape index (κ3) is 4.69. The SMILES string of the molecule is COC(=O)N1c2ccc3c(nc(Cc4cc(F)cc(OC)c4)n3C3CCC(C(C)=O)CC3)c2CC[C@@H]1C. The molecule has 0 saturated heterocycles. The van der Waals surface area contributed by atoms with E-state index < -0.39 is 0 Å². The van der Waals surface area contributed by atoms with Crippen molar-refractivity contribution in [2.75, 3.05) is 19.1 Å². The molecule has 3 aromatic rings. The van der Waals surface area contributed by atoms with Gasteiger partial charge in [0, 0.05) is 36.1 Å². The molecule has 37 heavy (non-hydrogen) atoms. The molecule has 2 aliphatic rings. The summed E-state index contributed by atoms with van der Waals surface area (Å²) in [6, 6.07) is 9.00. The van der Waals surface area contributed by atoms with Crippen LogP contribution in [0.2, 0.25) is 0 Å². The molecule has 7 nitrogen and oxygen atoms in total. The van der Waals surface area contributed by atoms with Gasteiger partial charge in [0.25, 0.3) is 0 Å². The van der Waals surface area contributed by atoms with Gasteiger partial charge in [-0.05, 0) is 82.2 Å². The van der Waals surface area contributed by atoms with Gasteiger partial charge < -0.3 is 14.0 Å². The van der Waals surface area contributed by atoms with Crippen LogP contribution in [-0.2, 0) is 22.4 Å². The van der Waals surface area contributed by atoms with Crippen molar-refractivity contribution in [1.82, 2.24) is 9.55 Å². The lowest BCUT2D eigenvalue weighted by Crippen LogP contribution is -2.42. The fourth-order valence-corrected chi connectivity index (χ4v) is 6.12. The summed E-state index contributed by atoms with van der Waals surface area (Å²) in [7, 11) is 2.93. The van der Waals surface area contributed by atoms with Gasteiger partial charge in [-0.2, -0.15) is 0 Å². The van der Waals surface area contributed by atoms with Crippen LogP contribution in [0.4, 0.5) is 14.9 Å². The van der Waals surface area contributed by atoms with Gasteiger partial charge in [-0.25, -0.2) is 14.2 Å². The zero-order valence-corrected chi connectivity index (χ0v) is 21.9. The average Bonchev–Trinajstić information content (AvgIpc) is 3.25. The summed E-state index contributed by atoms with van der Waals surface area (Å²) in [5.41, 5.74) is 4.55. The van der Waals surface area contributed by atoms with Crippen molar-refractivity contribution in [2.45, 2.75) is 70.9 Å². The van der Waals surface area contributed by atoms with Gasteiger partial charge in [-0.15, -0.1) is 0 Å². The van der Waals surface area contributed by atoms with Crippen LogP contribution in [-0.4, -0.2) is 41.7 Å². The number of aryl methyl sites for hydroxylation is 1. The first-order chi connectivity index (χ1) is 17.8. The predicted octanol–water partition coefficient (Wildman–Crippen LogP) is 6.00. The number of carbonyl (C=O) groups excluding carboxylic acids is 2. The number of nitrogens with zero attached hydrogens (tertiary/aromatic N) is 3. The number of amides is 1. The molecule has 1 fully saturated rings. The molecule has 0 N–H and O–H groups in total. The quantitative estimate of drug-likeness (QED) is 0.423. The van der Waals surface area contributed by atoms with Crippen LogP contribution < -0.4 is 9.64 Å². The fraction of sp³-hybridized carbons (Fsp3) is 0.483. The Balaban J connectivity index is 1.62. The zero-order chi connectivity index (χ0) is 26.3. The second-order valence-corrected chi connectivity index (χ2v) is 10.3. The molecule has 1 aliphatic heterocycles. The number of ether oxygens (including phenoxy) is 2. The van der Waals surface area contributed by atoms with Crippen LogP contribution >= 0.6 is 0 Å². The minimum Gasteiger partial charge on any atom is -0.497 e. The lowest BCUT2D eigenvalue weighted by Gasteiger charge is -2.34. The first-order valence-corrected chi connectivity index (χ1v) is 13.0. The number of benzene rings is 2. The molecule has 8 heteroatoms. The van der Waals surface area contributed by atoms with E-state index in [9.17, 15) is 14.0 Å². The number of Topliss-reactive ketones (excluding diaryl/α,β-unsaturated/α-hetero) is 1. The molecule has 196 valence electrons. The van der Waals surface area contributed by atoms with E-state index in [1.54, 1.807) is 11.8 Å². The van der Waals surface area contributed by atoms with Crippen molar-refractivity contribution in [1.29, 1.82) is 0 Å². The topological polar surface area (TPSA) is 73.7 Å². The minimum atomic E-state index is -0.373. The summed E-state index contributed by atoms with van der Waals surface area (Å²) >= 11 is 0. The summed E-state index contributed by atoms with van der Waals surface area (Å²) in [5.74, 6) is 1.35. The monoisotopic (exact) mass is 507 g/mol. The highest BCUT2D eigenvalue weighted by Crippen LogP contribution is 2.41. The molecule has 1 aliphatic carbocycles. The van der Waals surface area contributed by atoms with E-state index in [0.29, 0.717) is 12.2 Å². The Morgan fingerprint density at radius 2 is 1.84 bits per heavy atom. The lowest BCUT2D eigenvalue weighted by molar-refractivity contribution is -0.121. The summed E-state index contributed by atoms with van der Waals surface area (Å²) < 4.78 is 27.0. The molecule has 0 unspecified atom stereocenters. The third-order valence-corrected chi connectivity index (χ3v) is 8.06. The number of carbonyl (C=O) groups is 2. The van der Waals surface area contributed by atoms with Gasteiger partial charge in [-0.3, -0.25) is 9.69 Å². The average molecular weight is 508 g/mol. The van der Waals surface area contributed by atoms with Crippen molar-refractivity contribution in [3.05, 3.63) is 53.1 Å². The van der Waals surface area contributed by atoms with E-state index >= 15 is 0 Å². The molecule has 0 radical (unpaired) electrons. The van der Waals surface area contributed by atoms with Gasteiger partial charge in [0.15, 0.2) is 0 Å². The van der Waals surface area contributed by atoms with Crippen LogP contribution in [0.5, 0.6) is 5.75 Å². The predicted molar refractivity (Wildman–Crippen MR) is 140 cm³/mol. The maximum atomic E-state index is 14.3. The summed E-state index contributed by atoms with van der Waals surface area (Å²) in [6.45, 7) is 3.71. The van der Waals surface area contributed by atoms with Gasteiger partial charge in [0.1, 0.15) is 23.2 Å². The first-order valence-electron chi connectivity index (χ1n) is 13.0. The molecule has 1 saturated carbocycles. The maximum absolute atomic E-state index is 14.3. The Morgan fingerprint density at radius 3 is 2.51 bits per heavy atom. The second-order valence-electron chi connectivity index (χ2n) is 10.3.